The molecule has 0 spiro atoms. The zero-order valence-electron chi connectivity index (χ0n) is 23.0. The Morgan fingerprint density at radius 1 is 0.372 bits per heavy atom. The second-order valence-corrected chi connectivity index (χ2v) is 10.8. The Kier molecular flexibility index (Phi) is 5.16. The highest BCUT2D eigenvalue weighted by Crippen LogP contribution is 2.39. The van der Waals surface area contributed by atoms with Crippen LogP contribution in [-0.2, 0) is 0 Å². The molecule has 0 aliphatic carbocycles. The largest absolute Gasteiger partial charge is 0.455 e. The molecule has 0 N–H and O–H groups in total. The smallest absolute Gasteiger partial charge is 0.164 e. The highest BCUT2D eigenvalue weighted by atomic mass is 16.3. The molecule has 0 radical (unpaired) electrons. The summed E-state index contributed by atoms with van der Waals surface area (Å²) in [6.45, 7) is 0. The normalized spacial score (nSPS) is 11.7. The highest BCUT2D eigenvalue weighted by Gasteiger charge is 2.19. The number of furan rings is 1. The lowest BCUT2D eigenvalue weighted by molar-refractivity contribution is 0.672. The molecule has 0 amide bonds. The van der Waals surface area contributed by atoms with Crippen molar-refractivity contribution in [1.29, 1.82) is 0 Å². The third-order valence-corrected chi connectivity index (χ3v) is 8.31. The standard InChI is InChI=1S/C39H23N3O/c1-2-11-27(12-3-1)37-40-38(31-17-8-13-25-21-20-24-10-4-5-15-28(24)34(25)31)42-39(41-37)32-18-9-14-26-22-23-30-29-16-6-7-19-33(29)43-36(30)35(26)32/h1-23H. The highest BCUT2D eigenvalue weighted by molar-refractivity contribution is 6.19. The first-order chi connectivity index (χ1) is 21.3. The molecule has 9 rings (SSSR count). The molecular weight excluding hydrogens is 526 g/mol. The zero-order valence-corrected chi connectivity index (χ0v) is 23.0. The van der Waals surface area contributed by atoms with Crippen molar-refractivity contribution >= 4 is 54.3 Å². The summed E-state index contributed by atoms with van der Waals surface area (Å²) in [4.78, 5) is 15.4. The van der Waals surface area contributed by atoms with Crippen molar-refractivity contribution in [2.24, 2.45) is 0 Å². The van der Waals surface area contributed by atoms with Crippen molar-refractivity contribution in [3.8, 4) is 34.2 Å². The molecule has 200 valence electrons. The lowest BCUT2D eigenvalue weighted by Gasteiger charge is -2.13. The monoisotopic (exact) mass is 549 g/mol. The Labute approximate surface area is 246 Å². The number of fused-ring (bicyclic) bond motifs is 8. The maximum atomic E-state index is 6.49. The first kappa shape index (κ1) is 23.8. The molecule has 7 aromatic carbocycles. The van der Waals surface area contributed by atoms with Gasteiger partial charge in [0.15, 0.2) is 17.5 Å². The van der Waals surface area contributed by atoms with Crippen LogP contribution >= 0.6 is 0 Å². The summed E-state index contributed by atoms with van der Waals surface area (Å²) in [5.41, 5.74) is 4.53. The molecule has 4 nitrogen and oxygen atoms in total. The SMILES string of the molecule is c1ccc(-c2nc(-c3cccc4ccc5ccccc5c34)nc(-c3cccc4ccc5c6ccccc6oc5c34)n2)cc1. The molecule has 2 heterocycles. The van der Waals surface area contributed by atoms with Crippen LogP contribution < -0.4 is 0 Å². The molecular formula is C39H23N3O. The van der Waals surface area contributed by atoms with E-state index in [1.165, 1.54) is 10.8 Å². The molecule has 9 aromatic rings. The molecule has 0 atom stereocenters. The number of rotatable bonds is 3. The van der Waals surface area contributed by atoms with E-state index in [9.17, 15) is 0 Å². The number of para-hydroxylation sites is 1. The average Bonchev–Trinajstić information content (AvgIpc) is 3.47. The molecule has 0 saturated carbocycles. The van der Waals surface area contributed by atoms with Gasteiger partial charge in [-0.25, -0.2) is 15.0 Å². The van der Waals surface area contributed by atoms with E-state index in [0.717, 1.165) is 60.2 Å². The van der Waals surface area contributed by atoms with E-state index in [2.05, 4.69) is 91.0 Å². The van der Waals surface area contributed by atoms with Gasteiger partial charge in [0, 0.05) is 38.2 Å². The fraction of sp³-hybridized carbons (Fsp3) is 0. The van der Waals surface area contributed by atoms with Gasteiger partial charge in [-0.2, -0.15) is 0 Å². The van der Waals surface area contributed by atoms with Gasteiger partial charge in [0.25, 0.3) is 0 Å². The van der Waals surface area contributed by atoms with Gasteiger partial charge in [-0.05, 0) is 33.7 Å². The predicted molar refractivity (Wildman–Crippen MR) is 176 cm³/mol. The van der Waals surface area contributed by atoms with Crippen molar-refractivity contribution in [2.75, 3.05) is 0 Å². The van der Waals surface area contributed by atoms with E-state index in [-0.39, 0.29) is 0 Å². The van der Waals surface area contributed by atoms with Crippen molar-refractivity contribution < 1.29 is 4.42 Å². The first-order valence-corrected chi connectivity index (χ1v) is 14.4. The van der Waals surface area contributed by atoms with Gasteiger partial charge in [0.2, 0.25) is 0 Å². The Morgan fingerprint density at radius 2 is 0.953 bits per heavy atom. The maximum Gasteiger partial charge on any atom is 0.164 e. The van der Waals surface area contributed by atoms with Crippen LogP contribution in [0.5, 0.6) is 0 Å². The third kappa shape index (κ3) is 3.74. The van der Waals surface area contributed by atoms with Gasteiger partial charge < -0.3 is 4.42 Å². The van der Waals surface area contributed by atoms with Crippen LogP contribution in [0.3, 0.4) is 0 Å². The minimum absolute atomic E-state index is 0.611. The summed E-state index contributed by atoms with van der Waals surface area (Å²) in [5.74, 6) is 1.88. The summed E-state index contributed by atoms with van der Waals surface area (Å²) in [5, 5.41) is 8.88. The van der Waals surface area contributed by atoms with Crippen LogP contribution in [0, 0.1) is 0 Å². The Morgan fingerprint density at radius 3 is 1.77 bits per heavy atom. The number of nitrogens with zero attached hydrogens (tertiary/aromatic N) is 3. The van der Waals surface area contributed by atoms with Crippen molar-refractivity contribution in [2.45, 2.75) is 0 Å². The molecule has 0 fully saturated rings. The van der Waals surface area contributed by atoms with Crippen LogP contribution in [0.4, 0.5) is 0 Å². The van der Waals surface area contributed by atoms with Crippen molar-refractivity contribution in [3.05, 3.63) is 140 Å². The molecule has 0 aliphatic heterocycles. The van der Waals surface area contributed by atoms with E-state index in [1.807, 2.05) is 48.5 Å². The molecule has 43 heavy (non-hydrogen) atoms. The van der Waals surface area contributed by atoms with Crippen LogP contribution in [0.2, 0.25) is 0 Å². The first-order valence-electron chi connectivity index (χ1n) is 14.4. The topological polar surface area (TPSA) is 51.8 Å². The molecule has 4 heteroatoms. The summed E-state index contributed by atoms with van der Waals surface area (Å²) in [6.07, 6.45) is 0. The molecule has 0 aliphatic rings. The van der Waals surface area contributed by atoms with Gasteiger partial charge in [0.05, 0.1) is 0 Å². The van der Waals surface area contributed by atoms with Gasteiger partial charge in [0.1, 0.15) is 11.2 Å². The molecule has 0 unspecified atom stereocenters. The number of aromatic nitrogens is 3. The van der Waals surface area contributed by atoms with Crippen LogP contribution in [0.15, 0.2) is 144 Å². The summed E-state index contributed by atoms with van der Waals surface area (Å²) >= 11 is 0. The minimum atomic E-state index is 0.611. The average molecular weight is 550 g/mol. The maximum absolute atomic E-state index is 6.49. The van der Waals surface area contributed by atoms with E-state index < -0.39 is 0 Å². The van der Waals surface area contributed by atoms with E-state index >= 15 is 0 Å². The van der Waals surface area contributed by atoms with Crippen molar-refractivity contribution in [3.63, 3.8) is 0 Å². The van der Waals surface area contributed by atoms with Gasteiger partial charge in [-0.1, -0.05) is 127 Å². The van der Waals surface area contributed by atoms with Gasteiger partial charge in [-0.15, -0.1) is 0 Å². The lowest BCUT2D eigenvalue weighted by atomic mass is 9.97. The van der Waals surface area contributed by atoms with Crippen LogP contribution in [0.1, 0.15) is 0 Å². The number of hydrogen-bond acceptors (Lipinski definition) is 4. The number of hydrogen-bond donors (Lipinski definition) is 0. The van der Waals surface area contributed by atoms with Crippen molar-refractivity contribution in [1.82, 2.24) is 15.0 Å². The fourth-order valence-corrected chi connectivity index (χ4v) is 6.32. The minimum Gasteiger partial charge on any atom is -0.455 e. The van der Waals surface area contributed by atoms with Gasteiger partial charge >= 0.3 is 0 Å². The van der Waals surface area contributed by atoms with E-state index in [0.29, 0.717) is 17.5 Å². The Bertz CT molecular complexity index is 2510. The fourth-order valence-electron chi connectivity index (χ4n) is 6.32. The molecule has 0 bridgehead atoms. The molecule has 0 saturated heterocycles. The van der Waals surface area contributed by atoms with Crippen LogP contribution in [-0.4, -0.2) is 15.0 Å². The van der Waals surface area contributed by atoms with Gasteiger partial charge in [-0.3, -0.25) is 0 Å². The molecule has 2 aromatic heterocycles. The zero-order chi connectivity index (χ0) is 28.3. The Hall–Kier alpha value is -5.87. The summed E-state index contributed by atoms with van der Waals surface area (Å²) in [7, 11) is 0. The second-order valence-electron chi connectivity index (χ2n) is 10.8. The summed E-state index contributed by atoms with van der Waals surface area (Å²) in [6, 6.07) is 48.0. The Balaban J connectivity index is 1.38. The number of benzene rings is 7. The van der Waals surface area contributed by atoms with E-state index in [1.54, 1.807) is 0 Å². The quantitative estimate of drug-likeness (QED) is 0.206. The van der Waals surface area contributed by atoms with Crippen LogP contribution in [0.25, 0.3) is 88.4 Å². The summed E-state index contributed by atoms with van der Waals surface area (Å²) < 4.78 is 6.49. The second kappa shape index (κ2) is 9.33. The van der Waals surface area contributed by atoms with E-state index in [4.69, 9.17) is 19.4 Å². The third-order valence-electron chi connectivity index (χ3n) is 8.31. The predicted octanol–water partition coefficient (Wildman–Crippen LogP) is 10.2. The lowest BCUT2D eigenvalue weighted by Crippen LogP contribution is -2.01.